The highest BCUT2D eigenvalue weighted by atomic mass is 35.5. The van der Waals surface area contributed by atoms with Crippen LogP contribution in [0.15, 0.2) is 42.5 Å². The van der Waals surface area contributed by atoms with E-state index in [1.54, 1.807) is 13.0 Å². The van der Waals surface area contributed by atoms with Crippen LogP contribution in [0.1, 0.15) is 43.7 Å². The number of amides is 1. The van der Waals surface area contributed by atoms with Crippen LogP contribution in [-0.2, 0) is 27.9 Å². The molecule has 0 aliphatic carbocycles. The molecule has 0 spiro atoms. The number of hydrogen-bond acceptors (Lipinski definition) is 4. The summed E-state index contributed by atoms with van der Waals surface area (Å²) in [6.07, 6.45) is 5.09. The Morgan fingerprint density at radius 1 is 1.06 bits per heavy atom. The summed E-state index contributed by atoms with van der Waals surface area (Å²) >= 11 is 12.1. The van der Waals surface area contributed by atoms with E-state index in [2.05, 4.69) is 16.3 Å². The van der Waals surface area contributed by atoms with Gasteiger partial charge in [-0.3, -0.25) is 14.0 Å². The Bertz CT molecular complexity index is 1070. The number of nitrogens with zero attached hydrogens (tertiary/aromatic N) is 2. The lowest BCUT2D eigenvalue weighted by atomic mass is 10.0. The largest absolute Gasteiger partial charge is 0.350 e. The van der Waals surface area contributed by atoms with Crippen molar-refractivity contribution < 1.29 is 13.2 Å². The van der Waals surface area contributed by atoms with Crippen LogP contribution in [0.4, 0.5) is 5.69 Å². The smallest absolute Gasteiger partial charge is 0.244 e. The molecule has 9 heteroatoms. The molecule has 3 rings (SSSR count). The first-order valence-electron chi connectivity index (χ1n) is 11.2. The number of likely N-dealkylation sites (tertiary alicyclic amines) is 1. The van der Waals surface area contributed by atoms with Gasteiger partial charge in [-0.05, 0) is 61.7 Å². The van der Waals surface area contributed by atoms with Crippen molar-refractivity contribution >= 4 is 44.8 Å². The molecule has 33 heavy (non-hydrogen) atoms. The Kier molecular flexibility index (Phi) is 9.04. The molecule has 0 saturated carbocycles. The Morgan fingerprint density at radius 3 is 2.33 bits per heavy atom. The summed E-state index contributed by atoms with van der Waals surface area (Å²) in [6, 6.07) is 11.7. The molecule has 1 heterocycles. The number of sulfonamides is 1. The molecule has 1 aliphatic rings. The second kappa shape index (κ2) is 11.6. The third-order valence-electron chi connectivity index (χ3n) is 5.90. The normalized spacial score (nSPS) is 15.8. The fourth-order valence-corrected chi connectivity index (χ4v) is 5.72. The predicted molar refractivity (Wildman–Crippen MR) is 135 cm³/mol. The molecule has 1 aliphatic heterocycles. The summed E-state index contributed by atoms with van der Waals surface area (Å²) in [5.41, 5.74) is 2.52. The van der Waals surface area contributed by atoms with Gasteiger partial charge in [0.15, 0.2) is 0 Å². The van der Waals surface area contributed by atoms with E-state index in [4.69, 9.17) is 23.2 Å². The van der Waals surface area contributed by atoms with Crippen LogP contribution in [0.25, 0.3) is 0 Å². The van der Waals surface area contributed by atoms with Crippen LogP contribution in [0, 0.1) is 0 Å². The number of carbonyl (C=O) groups is 1. The van der Waals surface area contributed by atoms with Gasteiger partial charge < -0.3 is 5.32 Å². The number of benzene rings is 2. The lowest BCUT2D eigenvalue weighted by Crippen LogP contribution is -2.49. The van der Waals surface area contributed by atoms with Crippen LogP contribution < -0.4 is 9.62 Å². The fourth-order valence-electron chi connectivity index (χ4n) is 4.23. The molecule has 0 radical (unpaired) electrons. The number of halogens is 2. The van der Waals surface area contributed by atoms with Crippen molar-refractivity contribution in [2.75, 3.05) is 23.7 Å². The Balaban J connectivity index is 1.77. The summed E-state index contributed by atoms with van der Waals surface area (Å²) < 4.78 is 26.4. The zero-order valence-electron chi connectivity index (χ0n) is 19.1. The highest BCUT2D eigenvalue weighted by Gasteiger charge is 2.31. The van der Waals surface area contributed by atoms with Crippen LogP contribution in [0.2, 0.25) is 10.0 Å². The fraction of sp³-hybridized carbons (Fsp3) is 0.458. The van der Waals surface area contributed by atoms with Gasteiger partial charge in [0.2, 0.25) is 15.9 Å². The van der Waals surface area contributed by atoms with E-state index in [1.807, 2.05) is 18.2 Å². The average molecular weight is 513 g/mol. The van der Waals surface area contributed by atoms with E-state index in [1.165, 1.54) is 37.0 Å². The molecule has 0 bridgehead atoms. The molecule has 1 unspecified atom stereocenters. The summed E-state index contributed by atoms with van der Waals surface area (Å²) in [4.78, 5) is 15.6. The highest BCUT2D eigenvalue weighted by Crippen LogP contribution is 2.30. The summed E-state index contributed by atoms with van der Waals surface area (Å²) in [6.45, 7) is 5.14. The number of piperidine rings is 1. The van der Waals surface area contributed by atoms with E-state index < -0.39 is 16.1 Å². The van der Waals surface area contributed by atoms with E-state index >= 15 is 0 Å². The monoisotopic (exact) mass is 511 g/mol. The Morgan fingerprint density at radius 2 is 1.73 bits per heavy atom. The maximum atomic E-state index is 13.2. The number of nitrogens with one attached hydrogen (secondary N) is 1. The Hall–Kier alpha value is -1.80. The number of carbonyl (C=O) groups excluding carboxylic acids is 1. The SMILES string of the molecule is CCC(C(=O)NCc1ccccc1CN1CCCCC1)N(c1ccc(Cl)c(Cl)c1)S(C)(=O)=O. The third-order valence-corrected chi connectivity index (χ3v) is 7.82. The van der Waals surface area contributed by atoms with Crippen LogP contribution in [-0.4, -0.2) is 44.6 Å². The zero-order chi connectivity index (χ0) is 24.0. The van der Waals surface area contributed by atoms with Gasteiger partial charge in [0, 0.05) is 13.1 Å². The highest BCUT2D eigenvalue weighted by molar-refractivity contribution is 7.92. The quantitative estimate of drug-likeness (QED) is 0.522. The second-order valence-corrected chi connectivity index (χ2v) is 11.1. The van der Waals surface area contributed by atoms with Gasteiger partial charge in [0.05, 0.1) is 22.0 Å². The van der Waals surface area contributed by atoms with E-state index in [-0.39, 0.29) is 10.9 Å². The van der Waals surface area contributed by atoms with Gasteiger partial charge in [0.25, 0.3) is 0 Å². The standard InChI is InChI=1S/C24H31Cl2N3O3S/c1-3-23(29(33(2,31)32)20-11-12-21(25)22(26)15-20)24(30)27-16-18-9-5-6-10-19(18)17-28-13-7-4-8-14-28/h5-6,9-12,15,23H,3-4,7-8,13-14,16-17H2,1-2H3,(H,27,30). The van der Waals surface area contributed by atoms with Crippen molar-refractivity contribution in [1.29, 1.82) is 0 Å². The van der Waals surface area contributed by atoms with E-state index in [0.717, 1.165) is 35.8 Å². The lowest BCUT2D eigenvalue weighted by molar-refractivity contribution is -0.122. The lowest BCUT2D eigenvalue weighted by Gasteiger charge is -2.30. The van der Waals surface area contributed by atoms with Gasteiger partial charge in [0.1, 0.15) is 6.04 Å². The summed E-state index contributed by atoms with van der Waals surface area (Å²) in [5, 5.41) is 3.50. The van der Waals surface area contributed by atoms with Gasteiger partial charge in [-0.15, -0.1) is 0 Å². The number of anilines is 1. The molecule has 2 aromatic rings. The van der Waals surface area contributed by atoms with Crippen LogP contribution in [0.5, 0.6) is 0 Å². The molecule has 1 N–H and O–H groups in total. The third kappa shape index (κ3) is 6.85. The van der Waals surface area contributed by atoms with Crippen LogP contribution in [0.3, 0.4) is 0 Å². The van der Waals surface area contributed by atoms with Crippen molar-refractivity contribution in [3.63, 3.8) is 0 Å². The van der Waals surface area contributed by atoms with Gasteiger partial charge in [-0.1, -0.05) is 60.8 Å². The molecule has 1 amide bonds. The minimum atomic E-state index is -3.75. The van der Waals surface area contributed by atoms with Crippen molar-refractivity contribution in [2.45, 2.75) is 51.7 Å². The second-order valence-electron chi connectivity index (χ2n) is 8.40. The summed E-state index contributed by atoms with van der Waals surface area (Å²) in [7, 11) is -3.75. The first-order chi connectivity index (χ1) is 15.7. The minimum absolute atomic E-state index is 0.227. The van der Waals surface area contributed by atoms with Crippen molar-refractivity contribution in [3.05, 3.63) is 63.6 Å². The maximum Gasteiger partial charge on any atom is 0.244 e. The van der Waals surface area contributed by atoms with Gasteiger partial charge in [-0.2, -0.15) is 0 Å². The molecule has 1 atom stereocenters. The average Bonchev–Trinajstić information content (AvgIpc) is 2.78. The first kappa shape index (κ1) is 25.8. The molecule has 1 fully saturated rings. The van der Waals surface area contributed by atoms with Gasteiger partial charge >= 0.3 is 0 Å². The molecule has 6 nitrogen and oxygen atoms in total. The van der Waals surface area contributed by atoms with Crippen molar-refractivity contribution in [2.24, 2.45) is 0 Å². The molecular weight excluding hydrogens is 481 g/mol. The number of hydrogen-bond donors (Lipinski definition) is 1. The van der Waals surface area contributed by atoms with E-state index in [0.29, 0.717) is 23.7 Å². The first-order valence-corrected chi connectivity index (χ1v) is 13.8. The molecular formula is C24H31Cl2N3O3S. The molecule has 1 saturated heterocycles. The number of rotatable bonds is 9. The Labute approximate surface area is 206 Å². The van der Waals surface area contributed by atoms with Crippen molar-refractivity contribution in [1.82, 2.24) is 10.2 Å². The molecule has 180 valence electrons. The summed E-state index contributed by atoms with van der Waals surface area (Å²) in [5.74, 6) is -0.359. The maximum absolute atomic E-state index is 13.2. The molecule has 0 aromatic heterocycles. The van der Waals surface area contributed by atoms with E-state index in [9.17, 15) is 13.2 Å². The zero-order valence-corrected chi connectivity index (χ0v) is 21.4. The molecule has 2 aromatic carbocycles. The van der Waals surface area contributed by atoms with Crippen molar-refractivity contribution in [3.8, 4) is 0 Å². The topological polar surface area (TPSA) is 69.7 Å². The van der Waals surface area contributed by atoms with Crippen LogP contribution >= 0.6 is 23.2 Å². The minimum Gasteiger partial charge on any atom is -0.350 e. The van der Waals surface area contributed by atoms with Gasteiger partial charge in [-0.25, -0.2) is 8.42 Å². The predicted octanol–water partition coefficient (Wildman–Crippen LogP) is 4.84.